The van der Waals surface area contributed by atoms with Crippen molar-refractivity contribution in [1.82, 2.24) is 15.0 Å². The molecule has 0 fully saturated rings. The summed E-state index contributed by atoms with van der Waals surface area (Å²) in [4.78, 5) is 13.4. The number of aromatic nitrogens is 3. The van der Waals surface area contributed by atoms with Crippen LogP contribution in [0.3, 0.4) is 0 Å². The highest BCUT2D eigenvalue weighted by Gasteiger charge is 2.10. The molecule has 0 saturated carbocycles. The maximum atomic E-state index is 6.01. The van der Waals surface area contributed by atoms with E-state index in [0.29, 0.717) is 11.6 Å². The summed E-state index contributed by atoms with van der Waals surface area (Å²) in [5.74, 6) is 1.34. The number of nitrogens with zero attached hydrogens (tertiary/aromatic N) is 3. The molecule has 31 heavy (non-hydrogen) atoms. The average molecular weight is 400 g/mol. The highest BCUT2D eigenvalue weighted by molar-refractivity contribution is 5.70. The van der Waals surface area contributed by atoms with Crippen LogP contribution in [-0.2, 0) is 0 Å². The van der Waals surface area contributed by atoms with Crippen LogP contribution in [0.1, 0.15) is 0 Å². The van der Waals surface area contributed by atoms with Crippen LogP contribution in [0.2, 0.25) is 0 Å². The molecule has 0 radical (unpaired) electrons. The van der Waals surface area contributed by atoms with Crippen LogP contribution >= 0.6 is 0 Å². The third kappa shape index (κ3) is 4.05. The van der Waals surface area contributed by atoms with Gasteiger partial charge in [-0.15, -0.1) is 0 Å². The topological polar surface area (TPSA) is 64.7 Å². The van der Waals surface area contributed by atoms with Crippen molar-refractivity contribution in [2.45, 2.75) is 0 Å². The Balaban J connectivity index is 1.45. The Hall–Kier alpha value is -4.31. The van der Waals surface area contributed by atoms with Crippen molar-refractivity contribution in [3.8, 4) is 45.0 Å². The van der Waals surface area contributed by atoms with E-state index in [9.17, 15) is 0 Å². The van der Waals surface area contributed by atoms with E-state index in [1.807, 2.05) is 60.7 Å². The quantitative estimate of drug-likeness (QED) is 0.395. The van der Waals surface area contributed by atoms with Gasteiger partial charge in [0.1, 0.15) is 0 Å². The Labute approximate surface area is 181 Å². The standard InChI is InChI=1S/C27H20N4/c28-27-30-25(23-15-11-21(12-16-23)19-7-3-1-4-8-19)29-26(31-27)24-17-13-22(14-18-24)20-9-5-2-6-10-20/h1-18H,(H2,28,29,30,31). The normalized spacial score (nSPS) is 10.7. The molecule has 0 bridgehead atoms. The fourth-order valence-corrected chi connectivity index (χ4v) is 3.54. The molecule has 5 aromatic rings. The summed E-state index contributed by atoms with van der Waals surface area (Å²) >= 11 is 0. The number of anilines is 1. The Kier molecular flexibility index (Phi) is 4.95. The number of hydrogen-bond acceptors (Lipinski definition) is 4. The maximum absolute atomic E-state index is 6.01. The van der Waals surface area contributed by atoms with Gasteiger partial charge < -0.3 is 5.73 Å². The van der Waals surface area contributed by atoms with Gasteiger partial charge in [-0.1, -0.05) is 109 Å². The Bertz CT molecular complexity index is 1200. The van der Waals surface area contributed by atoms with E-state index in [2.05, 4.69) is 63.5 Å². The maximum Gasteiger partial charge on any atom is 0.224 e. The fourth-order valence-electron chi connectivity index (χ4n) is 3.54. The van der Waals surface area contributed by atoms with E-state index in [-0.39, 0.29) is 5.95 Å². The summed E-state index contributed by atoms with van der Waals surface area (Å²) in [5.41, 5.74) is 12.4. The third-order valence-electron chi connectivity index (χ3n) is 5.15. The monoisotopic (exact) mass is 400 g/mol. The minimum atomic E-state index is 0.208. The van der Waals surface area contributed by atoms with E-state index in [0.717, 1.165) is 22.3 Å². The molecule has 4 heteroatoms. The first kappa shape index (κ1) is 18.7. The lowest BCUT2D eigenvalue weighted by Crippen LogP contribution is -2.02. The Morgan fingerprint density at radius 2 is 0.677 bits per heavy atom. The van der Waals surface area contributed by atoms with Crippen molar-refractivity contribution in [3.05, 3.63) is 109 Å². The molecule has 0 spiro atoms. The highest BCUT2D eigenvalue weighted by Crippen LogP contribution is 2.26. The minimum Gasteiger partial charge on any atom is -0.368 e. The molecule has 0 unspecified atom stereocenters. The molecule has 0 amide bonds. The largest absolute Gasteiger partial charge is 0.368 e. The second-order valence-corrected chi connectivity index (χ2v) is 7.23. The molecule has 0 saturated heterocycles. The van der Waals surface area contributed by atoms with Crippen LogP contribution < -0.4 is 5.73 Å². The number of hydrogen-bond donors (Lipinski definition) is 1. The Morgan fingerprint density at radius 3 is 1.06 bits per heavy atom. The van der Waals surface area contributed by atoms with Crippen molar-refractivity contribution in [3.63, 3.8) is 0 Å². The van der Waals surface area contributed by atoms with Crippen molar-refractivity contribution in [2.75, 3.05) is 5.73 Å². The predicted molar refractivity (Wildman–Crippen MR) is 126 cm³/mol. The van der Waals surface area contributed by atoms with Crippen molar-refractivity contribution >= 4 is 5.95 Å². The lowest BCUT2D eigenvalue weighted by atomic mass is 10.0. The summed E-state index contributed by atoms with van der Waals surface area (Å²) in [5, 5.41) is 0. The SMILES string of the molecule is Nc1nc(-c2ccc(-c3ccccc3)cc2)nc(-c2ccc(-c3ccccc3)cc2)n1. The number of nitrogens with two attached hydrogens (primary N) is 1. The molecule has 5 rings (SSSR count). The van der Waals surface area contributed by atoms with Gasteiger partial charge in [0.2, 0.25) is 5.95 Å². The van der Waals surface area contributed by atoms with Gasteiger partial charge in [0, 0.05) is 11.1 Å². The molecule has 1 aromatic heterocycles. The predicted octanol–water partition coefficient (Wildman–Crippen LogP) is 6.12. The molecular formula is C27H20N4. The highest BCUT2D eigenvalue weighted by atomic mass is 15.1. The summed E-state index contributed by atoms with van der Waals surface area (Å²) in [6, 6.07) is 36.8. The van der Waals surface area contributed by atoms with Gasteiger partial charge in [-0.3, -0.25) is 0 Å². The average Bonchev–Trinajstić information content (AvgIpc) is 2.85. The van der Waals surface area contributed by atoms with E-state index in [1.165, 1.54) is 11.1 Å². The number of rotatable bonds is 4. The van der Waals surface area contributed by atoms with Crippen molar-refractivity contribution in [2.24, 2.45) is 0 Å². The third-order valence-corrected chi connectivity index (χ3v) is 5.15. The molecule has 0 aliphatic carbocycles. The lowest BCUT2D eigenvalue weighted by molar-refractivity contribution is 1.08. The number of benzene rings is 4. The first-order chi connectivity index (χ1) is 15.3. The second kappa shape index (κ2) is 8.20. The summed E-state index contributed by atoms with van der Waals surface area (Å²) < 4.78 is 0. The van der Waals surface area contributed by atoms with Crippen LogP contribution in [0.5, 0.6) is 0 Å². The van der Waals surface area contributed by atoms with E-state index >= 15 is 0 Å². The molecule has 0 atom stereocenters. The van der Waals surface area contributed by atoms with Gasteiger partial charge >= 0.3 is 0 Å². The van der Waals surface area contributed by atoms with Crippen LogP contribution in [0.25, 0.3) is 45.0 Å². The molecular weight excluding hydrogens is 380 g/mol. The lowest BCUT2D eigenvalue weighted by Gasteiger charge is -2.08. The molecule has 2 N–H and O–H groups in total. The molecule has 4 aromatic carbocycles. The minimum absolute atomic E-state index is 0.208. The molecule has 1 heterocycles. The van der Waals surface area contributed by atoms with Gasteiger partial charge in [0.25, 0.3) is 0 Å². The van der Waals surface area contributed by atoms with Crippen molar-refractivity contribution in [1.29, 1.82) is 0 Å². The van der Waals surface area contributed by atoms with Crippen LogP contribution in [-0.4, -0.2) is 15.0 Å². The van der Waals surface area contributed by atoms with E-state index in [4.69, 9.17) is 5.73 Å². The van der Waals surface area contributed by atoms with E-state index in [1.54, 1.807) is 0 Å². The smallest absolute Gasteiger partial charge is 0.224 e. The number of nitrogen functional groups attached to an aromatic ring is 1. The van der Waals surface area contributed by atoms with Crippen LogP contribution in [0.4, 0.5) is 5.95 Å². The first-order valence-corrected chi connectivity index (χ1v) is 10.1. The summed E-state index contributed by atoms with van der Waals surface area (Å²) in [6.45, 7) is 0. The fraction of sp³-hybridized carbons (Fsp3) is 0. The summed E-state index contributed by atoms with van der Waals surface area (Å²) in [6.07, 6.45) is 0. The van der Waals surface area contributed by atoms with Gasteiger partial charge in [0.05, 0.1) is 0 Å². The van der Waals surface area contributed by atoms with E-state index < -0.39 is 0 Å². The summed E-state index contributed by atoms with van der Waals surface area (Å²) in [7, 11) is 0. The Morgan fingerprint density at radius 1 is 0.355 bits per heavy atom. The molecule has 148 valence electrons. The zero-order valence-electron chi connectivity index (χ0n) is 16.8. The van der Waals surface area contributed by atoms with Crippen molar-refractivity contribution < 1.29 is 0 Å². The van der Waals surface area contributed by atoms with Gasteiger partial charge in [-0.05, 0) is 22.3 Å². The first-order valence-electron chi connectivity index (χ1n) is 10.1. The zero-order valence-corrected chi connectivity index (χ0v) is 16.8. The van der Waals surface area contributed by atoms with Gasteiger partial charge in [-0.25, -0.2) is 4.98 Å². The van der Waals surface area contributed by atoms with Gasteiger partial charge in [-0.2, -0.15) is 9.97 Å². The van der Waals surface area contributed by atoms with Gasteiger partial charge in [0.15, 0.2) is 11.6 Å². The second-order valence-electron chi connectivity index (χ2n) is 7.23. The molecule has 0 aliphatic rings. The van der Waals surface area contributed by atoms with Crippen LogP contribution in [0, 0.1) is 0 Å². The zero-order chi connectivity index (χ0) is 21.0. The van der Waals surface area contributed by atoms with Crippen LogP contribution in [0.15, 0.2) is 109 Å². The molecule has 0 aliphatic heterocycles. The molecule has 4 nitrogen and oxygen atoms in total.